The van der Waals surface area contributed by atoms with Gasteiger partial charge in [0.1, 0.15) is 17.0 Å². The van der Waals surface area contributed by atoms with Crippen LogP contribution < -0.4 is 14.8 Å². The predicted molar refractivity (Wildman–Crippen MR) is 86.8 cm³/mol. The van der Waals surface area contributed by atoms with Gasteiger partial charge in [-0.1, -0.05) is 6.07 Å². The third-order valence-electron chi connectivity index (χ3n) is 3.53. The van der Waals surface area contributed by atoms with Crippen molar-refractivity contribution >= 4 is 27.4 Å². The highest BCUT2D eigenvalue weighted by Gasteiger charge is 2.11. The van der Waals surface area contributed by atoms with Crippen LogP contribution >= 0.6 is 11.3 Å². The molecule has 3 aromatic rings. The summed E-state index contributed by atoms with van der Waals surface area (Å²) in [4.78, 5) is 9.58. The van der Waals surface area contributed by atoms with Crippen molar-refractivity contribution in [1.82, 2.24) is 9.97 Å². The topological polar surface area (TPSA) is 56.3 Å². The van der Waals surface area contributed by atoms with E-state index in [9.17, 15) is 0 Å². The zero-order valence-corrected chi connectivity index (χ0v) is 12.7. The van der Waals surface area contributed by atoms with E-state index in [1.165, 1.54) is 0 Å². The van der Waals surface area contributed by atoms with Gasteiger partial charge in [-0.15, -0.1) is 11.3 Å². The first-order valence-electron chi connectivity index (χ1n) is 7.21. The summed E-state index contributed by atoms with van der Waals surface area (Å²) in [6.45, 7) is 2.09. The fourth-order valence-corrected chi connectivity index (χ4v) is 3.17. The lowest BCUT2D eigenvalue weighted by atomic mass is 10.2. The molecule has 4 rings (SSSR count). The van der Waals surface area contributed by atoms with Crippen LogP contribution in [0.5, 0.6) is 11.5 Å². The van der Waals surface area contributed by atoms with E-state index in [0.29, 0.717) is 19.8 Å². The summed E-state index contributed by atoms with van der Waals surface area (Å²) >= 11 is 1.62. The van der Waals surface area contributed by atoms with Crippen molar-refractivity contribution < 1.29 is 9.47 Å². The Morgan fingerprint density at radius 2 is 2.00 bits per heavy atom. The molecule has 0 saturated carbocycles. The van der Waals surface area contributed by atoms with Gasteiger partial charge in [0, 0.05) is 13.0 Å². The van der Waals surface area contributed by atoms with Gasteiger partial charge in [0.25, 0.3) is 0 Å². The molecule has 5 nitrogen and oxygen atoms in total. The van der Waals surface area contributed by atoms with Gasteiger partial charge >= 0.3 is 0 Å². The fourth-order valence-electron chi connectivity index (χ4n) is 2.43. The van der Waals surface area contributed by atoms with Gasteiger partial charge in [0.15, 0.2) is 11.5 Å². The third-order valence-corrected chi connectivity index (χ3v) is 4.35. The molecule has 1 aliphatic heterocycles. The number of anilines is 1. The average Bonchev–Trinajstić information content (AvgIpc) is 2.91. The van der Waals surface area contributed by atoms with Crippen molar-refractivity contribution in [3.05, 3.63) is 41.5 Å². The molecule has 6 heteroatoms. The highest BCUT2D eigenvalue weighted by Crippen LogP contribution is 2.31. The Labute approximate surface area is 131 Å². The second kappa shape index (κ2) is 5.81. The summed E-state index contributed by atoms with van der Waals surface area (Å²) in [5.41, 5.74) is 1.13. The van der Waals surface area contributed by atoms with Crippen LogP contribution in [0.25, 0.3) is 10.2 Å². The Bertz CT molecular complexity index is 803. The average molecular weight is 313 g/mol. The first-order valence-corrected chi connectivity index (χ1v) is 8.09. The first kappa shape index (κ1) is 13.3. The van der Waals surface area contributed by atoms with Gasteiger partial charge in [-0.3, -0.25) is 0 Å². The molecule has 0 fully saturated rings. The fraction of sp³-hybridized carbons (Fsp3) is 0.250. The van der Waals surface area contributed by atoms with E-state index in [1.54, 1.807) is 17.7 Å². The highest BCUT2D eigenvalue weighted by molar-refractivity contribution is 7.16. The number of benzene rings is 1. The molecular formula is C16H15N3O2S. The van der Waals surface area contributed by atoms with E-state index in [-0.39, 0.29) is 0 Å². The molecule has 1 aromatic carbocycles. The number of thiophene rings is 1. The Morgan fingerprint density at radius 1 is 1.09 bits per heavy atom. The lowest BCUT2D eigenvalue weighted by Crippen LogP contribution is -2.02. The van der Waals surface area contributed by atoms with Crippen LogP contribution in [0.2, 0.25) is 0 Å². The van der Waals surface area contributed by atoms with Crippen molar-refractivity contribution in [3.8, 4) is 11.5 Å². The van der Waals surface area contributed by atoms with Crippen molar-refractivity contribution in [1.29, 1.82) is 0 Å². The van der Waals surface area contributed by atoms with Crippen LogP contribution in [0.3, 0.4) is 0 Å². The van der Waals surface area contributed by atoms with Crippen molar-refractivity contribution in [2.45, 2.75) is 13.0 Å². The number of hydrogen-bond donors (Lipinski definition) is 1. The summed E-state index contributed by atoms with van der Waals surface area (Å²) in [6.07, 6.45) is 2.51. The summed E-state index contributed by atoms with van der Waals surface area (Å²) in [6, 6.07) is 8.08. The van der Waals surface area contributed by atoms with E-state index in [2.05, 4.69) is 15.3 Å². The molecule has 1 N–H and O–H groups in total. The lowest BCUT2D eigenvalue weighted by molar-refractivity contribution is 0.297. The van der Waals surface area contributed by atoms with Crippen LogP contribution in [-0.2, 0) is 6.54 Å². The summed E-state index contributed by atoms with van der Waals surface area (Å²) in [5, 5.41) is 6.45. The van der Waals surface area contributed by atoms with Gasteiger partial charge in [0.05, 0.1) is 18.6 Å². The normalized spacial score (nSPS) is 13.8. The molecule has 0 saturated heterocycles. The van der Waals surface area contributed by atoms with E-state index >= 15 is 0 Å². The molecule has 0 spiro atoms. The zero-order valence-electron chi connectivity index (χ0n) is 11.9. The van der Waals surface area contributed by atoms with Gasteiger partial charge in [-0.25, -0.2) is 9.97 Å². The highest BCUT2D eigenvalue weighted by atomic mass is 32.1. The quantitative estimate of drug-likeness (QED) is 0.802. The van der Waals surface area contributed by atoms with Gasteiger partial charge in [-0.2, -0.15) is 0 Å². The number of hydrogen-bond acceptors (Lipinski definition) is 6. The number of rotatable bonds is 3. The molecule has 0 aliphatic carbocycles. The van der Waals surface area contributed by atoms with Crippen LogP contribution in [0.15, 0.2) is 36.0 Å². The van der Waals surface area contributed by atoms with Gasteiger partial charge in [-0.05, 0) is 29.1 Å². The number of nitrogens with one attached hydrogen (secondary N) is 1. The molecule has 112 valence electrons. The SMILES string of the molecule is c1nc(NCc2ccc3c(c2)OCCCO3)c2ccsc2n1. The maximum absolute atomic E-state index is 5.72. The van der Waals surface area contributed by atoms with Crippen LogP contribution in [-0.4, -0.2) is 23.2 Å². The minimum Gasteiger partial charge on any atom is -0.490 e. The number of nitrogens with zero attached hydrogens (tertiary/aromatic N) is 2. The van der Waals surface area contributed by atoms with Crippen molar-refractivity contribution in [2.24, 2.45) is 0 Å². The van der Waals surface area contributed by atoms with E-state index in [0.717, 1.165) is 39.5 Å². The first-order chi connectivity index (χ1) is 10.9. The molecule has 0 amide bonds. The standard InChI is InChI=1S/C16H15N3O2S/c1-5-20-13-3-2-11(8-14(13)21-6-1)9-17-15-12-4-7-22-16(12)19-10-18-15/h2-4,7-8,10H,1,5-6,9H2,(H,17,18,19). The number of aromatic nitrogens is 2. The molecule has 0 atom stereocenters. The molecular weight excluding hydrogens is 298 g/mol. The molecule has 2 aromatic heterocycles. The van der Waals surface area contributed by atoms with E-state index in [4.69, 9.17) is 9.47 Å². The minimum absolute atomic E-state index is 0.679. The zero-order chi connectivity index (χ0) is 14.8. The minimum atomic E-state index is 0.679. The van der Waals surface area contributed by atoms with Crippen molar-refractivity contribution in [2.75, 3.05) is 18.5 Å². The Hall–Kier alpha value is -2.34. The summed E-state index contributed by atoms with van der Waals surface area (Å²) in [7, 11) is 0. The van der Waals surface area contributed by atoms with E-state index in [1.807, 2.05) is 29.6 Å². The maximum Gasteiger partial charge on any atom is 0.161 e. The van der Waals surface area contributed by atoms with Crippen LogP contribution in [0.1, 0.15) is 12.0 Å². The smallest absolute Gasteiger partial charge is 0.161 e. The third kappa shape index (κ3) is 2.57. The second-order valence-corrected chi connectivity index (χ2v) is 5.94. The molecule has 3 heterocycles. The van der Waals surface area contributed by atoms with Crippen LogP contribution in [0, 0.1) is 0 Å². The lowest BCUT2D eigenvalue weighted by Gasteiger charge is -2.10. The Morgan fingerprint density at radius 3 is 2.95 bits per heavy atom. The molecule has 0 bridgehead atoms. The van der Waals surface area contributed by atoms with Crippen LogP contribution in [0.4, 0.5) is 5.82 Å². The number of fused-ring (bicyclic) bond motifs is 2. The van der Waals surface area contributed by atoms with Crippen molar-refractivity contribution in [3.63, 3.8) is 0 Å². The second-order valence-electron chi connectivity index (χ2n) is 5.05. The van der Waals surface area contributed by atoms with Gasteiger partial charge < -0.3 is 14.8 Å². The molecule has 0 radical (unpaired) electrons. The molecule has 1 aliphatic rings. The maximum atomic E-state index is 5.72. The largest absolute Gasteiger partial charge is 0.490 e. The van der Waals surface area contributed by atoms with Gasteiger partial charge in [0.2, 0.25) is 0 Å². The van der Waals surface area contributed by atoms with E-state index < -0.39 is 0 Å². The summed E-state index contributed by atoms with van der Waals surface area (Å²) in [5.74, 6) is 2.50. The molecule has 0 unspecified atom stereocenters. The molecule has 22 heavy (non-hydrogen) atoms. The number of ether oxygens (including phenoxy) is 2. The monoisotopic (exact) mass is 313 g/mol. The summed E-state index contributed by atoms with van der Waals surface area (Å²) < 4.78 is 11.4. The predicted octanol–water partition coefficient (Wildman–Crippen LogP) is 3.46. The Balaban J connectivity index is 1.54. The Kier molecular flexibility index (Phi) is 3.52.